The molecule has 0 saturated carbocycles. The van der Waals surface area contributed by atoms with Crippen LogP contribution in [0.1, 0.15) is 31.7 Å². The van der Waals surface area contributed by atoms with Crippen molar-refractivity contribution in [1.29, 1.82) is 0 Å². The number of ether oxygens (including phenoxy) is 3. The second-order valence-electron chi connectivity index (χ2n) is 4.61. The number of hydrogen-bond donors (Lipinski definition) is 1. The topological polar surface area (TPSA) is 65.5 Å². The van der Waals surface area contributed by atoms with Crippen molar-refractivity contribution < 1.29 is 14.2 Å². The third-order valence-corrected chi connectivity index (χ3v) is 2.91. The molecule has 0 spiro atoms. The highest BCUT2D eigenvalue weighted by molar-refractivity contribution is 5.48. The van der Waals surface area contributed by atoms with Crippen LogP contribution in [0.15, 0.2) is 0 Å². The van der Waals surface area contributed by atoms with Crippen LogP contribution in [0.4, 0.5) is 5.82 Å². The van der Waals surface area contributed by atoms with Crippen molar-refractivity contribution in [3.8, 4) is 5.88 Å². The molecule has 0 bridgehead atoms. The Bertz CT molecular complexity index is 413. The second-order valence-corrected chi connectivity index (χ2v) is 4.61. The lowest BCUT2D eigenvalue weighted by Gasteiger charge is -2.13. The average Bonchev–Trinajstić information content (AvgIpc) is 2.49. The number of nitrogens with one attached hydrogen (secondary N) is 1. The third-order valence-electron chi connectivity index (χ3n) is 2.91. The van der Waals surface area contributed by atoms with Gasteiger partial charge in [-0.2, -0.15) is 4.98 Å². The van der Waals surface area contributed by atoms with E-state index in [2.05, 4.69) is 15.3 Å². The zero-order chi connectivity index (χ0) is 15.5. The minimum Gasteiger partial charge on any atom is -0.477 e. The molecule has 1 N–H and O–H groups in total. The second kappa shape index (κ2) is 10.3. The van der Waals surface area contributed by atoms with Crippen LogP contribution in [0.2, 0.25) is 0 Å². The Kier molecular flexibility index (Phi) is 8.69. The Labute approximate surface area is 127 Å². The summed E-state index contributed by atoms with van der Waals surface area (Å²) in [5.41, 5.74) is 0.953. The maximum atomic E-state index is 5.77. The molecule has 0 aliphatic carbocycles. The minimum atomic E-state index is 0.583. The van der Waals surface area contributed by atoms with Crippen molar-refractivity contribution in [1.82, 2.24) is 9.97 Å². The van der Waals surface area contributed by atoms with Gasteiger partial charge in [0.25, 0.3) is 0 Å². The smallest absolute Gasteiger partial charge is 0.221 e. The number of aryl methyl sites for hydroxylation is 1. The lowest BCUT2D eigenvalue weighted by Crippen LogP contribution is -2.11. The molecule has 1 heterocycles. The molecule has 0 aliphatic rings. The highest BCUT2D eigenvalue weighted by atomic mass is 16.5. The summed E-state index contributed by atoms with van der Waals surface area (Å²) < 4.78 is 16.1. The Hall–Kier alpha value is -1.40. The van der Waals surface area contributed by atoms with Crippen LogP contribution in [0.25, 0.3) is 0 Å². The van der Waals surface area contributed by atoms with E-state index in [1.165, 1.54) is 0 Å². The largest absolute Gasteiger partial charge is 0.477 e. The van der Waals surface area contributed by atoms with Crippen LogP contribution < -0.4 is 10.1 Å². The zero-order valence-corrected chi connectivity index (χ0v) is 13.6. The number of anilines is 1. The first kappa shape index (κ1) is 17.7. The molecule has 21 heavy (non-hydrogen) atoms. The SMILES string of the molecule is CCNc1nc(CC)nc(OCCCOCCOC)c1C. The van der Waals surface area contributed by atoms with Gasteiger partial charge in [-0.25, -0.2) is 4.98 Å². The predicted octanol–water partition coefficient (Wildman–Crippen LogP) is 2.21. The number of aromatic nitrogens is 2. The minimum absolute atomic E-state index is 0.583. The fourth-order valence-electron chi connectivity index (χ4n) is 1.75. The molecule has 0 unspecified atom stereocenters. The maximum Gasteiger partial charge on any atom is 0.221 e. The van der Waals surface area contributed by atoms with Crippen LogP contribution in [0.3, 0.4) is 0 Å². The van der Waals surface area contributed by atoms with E-state index in [-0.39, 0.29) is 0 Å². The highest BCUT2D eigenvalue weighted by Gasteiger charge is 2.10. The van der Waals surface area contributed by atoms with Gasteiger partial charge in [0.1, 0.15) is 11.6 Å². The van der Waals surface area contributed by atoms with Gasteiger partial charge in [-0.15, -0.1) is 0 Å². The van der Waals surface area contributed by atoms with Gasteiger partial charge >= 0.3 is 0 Å². The van der Waals surface area contributed by atoms with E-state index >= 15 is 0 Å². The Balaban J connectivity index is 2.48. The lowest BCUT2D eigenvalue weighted by atomic mass is 10.3. The van der Waals surface area contributed by atoms with Crippen molar-refractivity contribution in [2.75, 3.05) is 45.4 Å². The number of methoxy groups -OCH3 is 1. The van der Waals surface area contributed by atoms with Crippen molar-refractivity contribution in [3.63, 3.8) is 0 Å². The summed E-state index contributed by atoms with van der Waals surface area (Å²) in [6.45, 7) is 9.37. The standard InChI is InChI=1S/C15H27N3O3/c1-5-13-17-14(16-6-2)12(3)15(18-13)21-9-7-8-20-11-10-19-4/h5-11H2,1-4H3,(H,16,17,18). The van der Waals surface area contributed by atoms with Gasteiger partial charge in [-0.3, -0.25) is 0 Å². The maximum absolute atomic E-state index is 5.77. The molecule has 1 aromatic heterocycles. The number of hydrogen-bond acceptors (Lipinski definition) is 6. The average molecular weight is 297 g/mol. The first-order chi connectivity index (χ1) is 10.2. The summed E-state index contributed by atoms with van der Waals surface area (Å²) in [6, 6.07) is 0. The van der Waals surface area contributed by atoms with Gasteiger partial charge in [-0.05, 0) is 13.8 Å². The van der Waals surface area contributed by atoms with Gasteiger partial charge in [0, 0.05) is 33.1 Å². The summed E-state index contributed by atoms with van der Waals surface area (Å²) in [6.07, 6.45) is 1.61. The predicted molar refractivity (Wildman–Crippen MR) is 83.1 cm³/mol. The summed E-state index contributed by atoms with van der Waals surface area (Å²) >= 11 is 0. The van der Waals surface area contributed by atoms with Crippen LogP contribution in [0, 0.1) is 6.92 Å². The Morgan fingerprint density at radius 3 is 2.52 bits per heavy atom. The van der Waals surface area contributed by atoms with E-state index < -0.39 is 0 Å². The number of nitrogens with zero attached hydrogens (tertiary/aromatic N) is 2. The molecule has 0 atom stereocenters. The molecule has 6 nitrogen and oxygen atoms in total. The van der Waals surface area contributed by atoms with Gasteiger partial charge in [0.05, 0.1) is 25.4 Å². The monoisotopic (exact) mass is 297 g/mol. The zero-order valence-electron chi connectivity index (χ0n) is 13.6. The summed E-state index contributed by atoms with van der Waals surface area (Å²) in [7, 11) is 1.66. The van der Waals surface area contributed by atoms with E-state index in [1.54, 1.807) is 7.11 Å². The third kappa shape index (κ3) is 6.27. The lowest BCUT2D eigenvalue weighted by molar-refractivity contribution is 0.0641. The van der Waals surface area contributed by atoms with E-state index in [0.717, 1.165) is 36.6 Å². The number of rotatable bonds is 11. The molecule has 0 amide bonds. The molecule has 6 heteroatoms. The normalized spacial score (nSPS) is 10.7. The quantitative estimate of drug-likeness (QED) is 0.632. The van der Waals surface area contributed by atoms with E-state index in [1.807, 2.05) is 20.8 Å². The summed E-state index contributed by atoms with van der Waals surface area (Å²) in [4.78, 5) is 8.93. The molecule has 120 valence electrons. The van der Waals surface area contributed by atoms with Crippen molar-refractivity contribution in [3.05, 3.63) is 11.4 Å². The van der Waals surface area contributed by atoms with Crippen LogP contribution >= 0.6 is 0 Å². The van der Waals surface area contributed by atoms with Crippen molar-refractivity contribution in [2.45, 2.75) is 33.6 Å². The van der Waals surface area contributed by atoms with Gasteiger partial charge in [0.15, 0.2) is 0 Å². The van der Waals surface area contributed by atoms with Crippen molar-refractivity contribution in [2.24, 2.45) is 0 Å². The molecular formula is C15H27N3O3. The van der Waals surface area contributed by atoms with Crippen LogP contribution in [0.5, 0.6) is 5.88 Å². The molecule has 0 aromatic carbocycles. The molecule has 0 aliphatic heterocycles. The Morgan fingerprint density at radius 1 is 1.05 bits per heavy atom. The molecule has 0 fully saturated rings. The van der Waals surface area contributed by atoms with Gasteiger partial charge < -0.3 is 19.5 Å². The van der Waals surface area contributed by atoms with Crippen LogP contribution in [-0.2, 0) is 15.9 Å². The molecule has 0 radical (unpaired) electrons. The molecule has 0 saturated heterocycles. The summed E-state index contributed by atoms with van der Waals surface area (Å²) in [5, 5.41) is 3.25. The van der Waals surface area contributed by atoms with Crippen molar-refractivity contribution >= 4 is 5.82 Å². The molecule has 1 rings (SSSR count). The molecular weight excluding hydrogens is 270 g/mol. The first-order valence-corrected chi connectivity index (χ1v) is 7.53. The summed E-state index contributed by atoms with van der Waals surface area (Å²) in [5.74, 6) is 2.31. The fourth-order valence-corrected chi connectivity index (χ4v) is 1.75. The first-order valence-electron chi connectivity index (χ1n) is 7.53. The fraction of sp³-hybridized carbons (Fsp3) is 0.733. The van der Waals surface area contributed by atoms with Gasteiger partial charge in [-0.1, -0.05) is 6.92 Å². The van der Waals surface area contributed by atoms with Gasteiger partial charge in [0.2, 0.25) is 5.88 Å². The van der Waals surface area contributed by atoms with E-state index in [0.29, 0.717) is 32.3 Å². The molecule has 1 aromatic rings. The Morgan fingerprint density at radius 2 is 1.86 bits per heavy atom. The highest BCUT2D eigenvalue weighted by Crippen LogP contribution is 2.22. The van der Waals surface area contributed by atoms with Crippen LogP contribution in [-0.4, -0.2) is 50.1 Å². The van der Waals surface area contributed by atoms with E-state index in [9.17, 15) is 0 Å². The van der Waals surface area contributed by atoms with E-state index in [4.69, 9.17) is 14.2 Å².